The summed E-state index contributed by atoms with van der Waals surface area (Å²) >= 11 is 0. The number of hydrazine groups is 1. The number of nitrogens with one attached hydrogen (secondary N) is 1. The van der Waals surface area contributed by atoms with Crippen LogP contribution in [0.1, 0.15) is 24.2 Å². The van der Waals surface area contributed by atoms with E-state index in [9.17, 15) is 13.2 Å². The lowest BCUT2D eigenvalue weighted by Crippen LogP contribution is -2.29. The molecule has 0 bridgehead atoms. The van der Waals surface area contributed by atoms with Crippen molar-refractivity contribution < 1.29 is 13.2 Å². The van der Waals surface area contributed by atoms with Crippen LogP contribution in [0.25, 0.3) is 0 Å². The van der Waals surface area contributed by atoms with Crippen LogP contribution in [0.2, 0.25) is 0 Å². The number of aromatic nitrogens is 1. The van der Waals surface area contributed by atoms with Crippen molar-refractivity contribution in [1.29, 1.82) is 0 Å². The second kappa shape index (κ2) is 4.63. The number of hydrogen-bond donors (Lipinski definition) is 2. The van der Waals surface area contributed by atoms with Gasteiger partial charge in [0.1, 0.15) is 0 Å². The van der Waals surface area contributed by atoms with E-state index in [1.165, 1.54) is 6.07 Å². The van der Waals surface area contributed by atoms with Gasteiger partial charge in [-0.15, -0.1) is 0 Å². The predicted octanol–water partition coefficient (Wildman–Crippen LogP) is 2.18. The lowest BCUT2D eigenvalue weighted by Gasteiger charge is -2.15. The molecule has 1 atom stereocenters. The Morgan fingerprint density at radius 1 is 1.50 bits per heavy atom. The highest BCUT2D eigenvalue weighted by Gasteiger charge is 2.30. The fourth-order valence-corrected chi connectivity index (χ4v) is 1.22. The van der Waals surface area contributed by atoms with Gasteiger partial charge in [-0.1, -0.05) is 12.2 Å². The van der Waals surface area contributed by atoms with Crippen LogP contribution in [0, 0.1) is 0 Å². The maximum absolute atomic E-state index is 12.3. The Morgan fingerprint density at radius 3 is 2.44 bits per heavy atom. The molecule has 0 aliphatic carbocycles. The minimum absolute atomic E-state index is 0.406. The van der Waals surface area contributed by atoms with E-state index >= 15 is 0 Å². The van der Waals surface area contributed by atoms with Crippen molar-refractivity contribution in [2.24, 2.45) is 5.84 Å². The maximum atomic E-state index is 12.3. The lowest BCUT2D eigenvalue weighted by molar-refractivity contribution is -0.137. The number of alkyl halides is 3. The summed E-state index contributed by atoms with van der Waals surface area (Å²) in [7, 11) is 0. The quantitative estimate of drug-likeness (QED) is 0.476. The molecule has 0 amide bonds. The summed E-state index contributed by atoms with van der Waals surface area (Å²) in [5, 5.41) is 0. The molecule has 0 aliphatic heterocycles. The molecule has 0 aliphatic rings. The molecule has 6 heteroatoms. The number of rotatable bonds is 3. The second-order valence-corrected chi connectivity index (χ2v) is 3.42. The molecule has 0 radical (unpaired) electrons. The van der Waals surface area contributed by atoms with E-state index < -0.39 is 17.8 Å². The molecule has 3 nitrogen and oxygen atoms in total. The topological polar surface area (TPSA) is 50.9 Å². The largest absolute Gasteiger partial charge is 0.417 e. The Labute approximate surface area is 91.1 Å². The molecule has 0 fully saturated rings. The third-order valence-corrected chi connectivity index (χ3v) is 2.07. The van der Waals surface area contributed by atoms with Crippen LogP contribution in [0.3, 0.4) is 0 Å². The average molecular weight is 231 g/mol. The smallest absolute Gasteiger partial charge is 0.271 e. The molecular weight excluding hydrogens is 219 g/mol. The summed E-state index contributed by atoms with van der Waals surface area (Å²) in [5.41, 5.74) is 2.73. The average Bonchev–Trinajstić information content (AvgIpc) is 2.17. The highest BCUT2D eigenvalue weighted by atomic mass is 19.4. The van der Waals surface area contributed by atoms with E-state index in [1.54, 1.807) is 6.92 Å². The van der Waals surface area contributed by atoms with Crippen LogP contribution in [-0.2, 0) is 6.18 Å². The molecule has 0 aromatic carbocycles. The zero-order chi connectivity index (χ0) is 12.3. The van der Waals surface area contributed by atoms with E-state index in [-0.39, 0.29) is 0 Å². The van der Waals surface area contributed by atoms with Crippen molar-refractivity contribution in [3.63, 3.8) is 0 Å². The molecule has 0 saturated carbocycles. The zero-order valence-corrected chi connectivity index (χ0v) is 8.67. The van der Waals surface area contributed by atoms with E-state index in [0.717, 1.165) is 12.3 Å². The molecule has 16 heavy (non-hydrogen) atoms. The number of pyridine rings is 1. The van der Waals surface area contributed by atoms with Crippen molar-refractivity contribution in [2.75, 3.05) is 0 Å². The van der Waals surface area contributed by atoms with Gasteiger partial charge in [0.05, 0.1) is 17.3 Å². The fraction of sp³-hybridized carbons (Fsp3) is 0.300. The minimum atomic E-state index is -4.37. The summed E-state index contributed by atoms with van der Waals surface area (Å²) in [6, 6.07) is 1.81. The summed E-state index contributed by atoms with van der Waals surface area (Å²) in [5.74, 6) is 5.26. The molecule has 1 rings (SSSR count). The van der Waals surface area contributed by atoms with Crippen molar-refractivity contribution in [3.05, 3.63) is 41.7 Å². The molecule has 88 valence electrons. The van der Waals surface area contributed by atoms with Crippen LogP contribution in [0.5, 0.6) is 0 Å². The second-order valence-electron chi connectivity index (χ2n) is 3.42. The first-order valence-corrected chi connectivity index (χ1v) is 4.51. The summed E-state index contributed by atoms with van der Waals surface area (Å²) < 4.78 is 36.8. The van der Waals surface area contributed by atoms with Gasteiger partial charge in [0.2, 0.25) is 0 Å². The van der Waals surface area contributed by atoms with Crippen LogP contribution in [-0.4, -0.2) is 4.98 Å². The maximum Gasteiger partial charge on any atom is 0.417 e. The molecule has 1 aromatic rings. The fourth-order valence-electron chi connectivity index (χ4n) is 1.22. The third-order valence-electron chi connectivity index (χ3n) is 2.07. The molecule has 1 heterocycles. The summed E-state index contributed by atoms with van der Waals surface area (Å²) in [4.78, 5) is 3.71. The van der Waals surface area contributed by atoms with E-state index in [0.29, 0.717) is 11.3 Å². The first-order valence-electron chi connectivity index (χ1n) is 4.51. The van der Waals surface area contributed by atoms with Crippen LogP contribution < -0.4 is 11.3 Å². The van der Waals surface area contributed by atoms with Gasteiger partial charge in [0, 0.05) is 6.20 Å². The Morgan fingerprint density at radius 2 is 2.12 bits per heavy atom. The van der Waals surface area contributed by atoms with Gasteiger partial charge in [-0.25, -0.2) is 5.43 Å². The van der Waals surface area contributed by atoms with Gasteiger partial charge in [-0.05, 0) is 19.1 Å². The standard InChI is InChI=1S/C10H12F3N3/c1-6(2)9(16-14)8-4-3-7(5-15-8)10(11,12)13/h3-5,9,16H,1,14H2,2H3. The van der Waals surface area contributed by atoms with Gasteiger partial charge in [0.25, 0.3) is 0 Å². The normalized spacial score (nSPS) is 13.6. The molecule has 0 saturated heterocycles. The van der Waals surface area contributed by atoms with Crippen molar-refractivity contribution in [1.82, 2.24) is 10.4 Å². The van der Waals surface area contributed by atoms with Crippen molar-refractivity contribution in [2.45, 2.75) is 19.1 Å². The van der Waals surface area contributed by atoms with E-state index in [2.05, 4.69) is 17.0 Å². The SMILES string of the molecule is C=C(C)C(NN)c1ccc(C(F)(F)F)cn1. The Balaban J connectivity index is 2.98. The number of nitrogens with zero attached hydrogens (tertiary/aromatic N) is 1. The zero-order valence-electron chi connectivity index (χ0n) is 8.67. The predicted molar refractivity (Wildman–Crippen MR) is 54.1 cm³/mol. The molecule has 3 N–H and O–H groups in total. The third kappa shape index (κ3) is 2.80. The van der Waals surface area contributed by atoms with E-state index in [4.69, 9.17) is 5.84 Å². The number of nitrogens with two attached hydrogens (primary N) is 1. The minimum Gasteiger partial charge on any atom is -0.271 e. The van der Waals surface area contributed by atoms with Crippen LogP contribution in [0.15, 0.2) is 30.5 Å². The van der Waals surface area contributed by atoms with Gasteiger partial charge < -0.3 is 0 Å². The van der Waals surface area contributed by atoms with Crippen molar-refractivity contribution in [3.8, 4) is 0 Å². The highest BCUT2D eigenvalue weighted by molar-refractivity contribution is 5.23. The molecular formula is C10H12F3N3. The number of hydrogen-bond acceptors (Lipinski definition) is 3. The van der Waals surface area contributed by atoms with Crippen molar-refractivity contribution >= 4 is 0 Å². The van der Waals surface area contributed by atoms with Gasteiger partial charge in [-0.3, -0.25) is 10.8 Å². The Hall–Kier alpha value is -1.40. The number of halogens is 3. The summed E-state index contributed by atoms with van der Waals surface area (Å²) in [6.07, 6.45) is -3.59. The summed E-state index contributed by atoms with van der Waals surface area (Å²) in [6.45, 7) is 5.38. The van der Waals surface area contributed by atoms with E-state index in [1.807, 2.05) is 0 Å². The highest BCUT2D eigenvalue weighted by Crippen LogP contribution is 2.29. The first kappa shape index (κ1) is 12.7. The van der Waals surface area contributed by atoms with Gasteiger partial charge in [0.15, 0.2) is 0 Å². The monoisotopic (exact) mass is 231 g/mol. The van der Waals surface area contributed by atoms with Gasteiger partial charge >= 0.3 is 6.18 Å². The van der Waals surface area contributed by atoms with Crippen LogP contribution >= 0.6 is 0 Å². The molecule has 0 spiro atoms. The lowest BCUT2D eigenvalue weighted by atomic mass is 10.1. The molecule has 1 aromatic heterocycles. The Bertz CT molecular complexity index is 370. The van der Waals surface area contributed by atoms with Crippen LogP contribution in [0.4, 0.5) is 13.2 Å². The first-order chi connectivity index (χ1) is 7.36. The Kier molecular flexibility index (Phi) is 3.66. The molecule has 1 unspecified atom stereocenters. The van der Waals surface area contributed by atoms with Gasteiger partial charge in [-0.2, -0.15) is 13.2 Å².